The molecule has 0 saturated carbocycles. The van der Waals surface area contributed by atoms with Crippen LogP contribution in [0.5, 0.6) is 0 Å². The Morgan fingerprint density at radius 3 is 2.56 bits per heavy atom. The summed E-state index contributed by atoms with van der Waals surface area (Å²) in [6, 6.07) is 7.41. The molecule has 134 valence electrons. The summed E-state index contributed by atoms with van der Waals surface area (Å²) in [6.07, 6.45) is 1.33. The van der Waals surface area contributed by atoms with E-state index in [2.05, 4.69) is 0 Å². The lowest BCUT2D eigenvalue weighted by atomic mass is 9.86. The summed E-state index contributed by atoms with van der Waals surface area (Å²) in [5.41, 5.74) is -0.428. The predicted molar refractivity (Wildman–Crippen MR) is 95.0 cm³/mol. The SMILES string of the molecule is CC(C)(C)OC(=O)N1CC(CC(=O)O)(n2ccc3c(Cl)cccc32)C1. The van der Waals surface area contributed by atoms with Crippen LogP contribution in [0.15, 0.2) is 30.5 Å². The van der Waals surface area contributed by atoms with E-state index in [1.807, 2.05) is 29.0 Å². The number of carboxylic acids is 1. The number of nitrogens with zero attached hydrogens (tertiary/aromatic N) is 2. The van der Waals surface area contributed by atoms with Crippen molar-refractivity contribution in [1.82, 2.24) is 9.47 Å². The molecule has 6 nitrogen and oxygen atoms in total. The Bertz CT molecular complexity index is 831. The Hall–Kier alpha value is -2.21. The molecule has 2 heterocycles. The van der Waals surface area contributed by atoms with Crippen molar-refractivity contribution in [3.8, 4) is 0 Å². The summed E-state index contributed by atoms with van der Waals surface area (Å²) in [5, 5.41) is 10.9. The molecule has 0 unspecified atom stereocenters. The number of fused-ring (bicyclic) bond motifs is 1. The van der Waals surface area contributed by atoms with Crippen LogP contribution in [0.25, 0.3) is 10.9 Å². The van der Waals surface area contributed by atoms with Gasteiger partial charge >= 0.3 is 12.1 Å². The molecule has 1 aromatic heterocycles. The average molecular weight is 365 g/mol. The fourth-order valence-electron chi connectivity index (χ4n) is 3.29. The highest BCUT2D eigenvalue weighted by molar-refractivity contribution is 6.35. The van der Waals surface area contributed by atoms with Crippen LogP contribution in [-0.2, 0) is 15.1 Å². The summed E-state index contributed by atoms with van der Waals surface area (Å²) >= 11 is 6.22. The zero-order valence-corrected chi connectivity index (χ0v) is 15.2. The molecule has 0 aliphatic carbocycles. The quantitative estimate of drug-likeness (QED) is 0.901. The molecular formula is C18H21ClN2O4. The maximum Gasteiger partial charge on any atom is 0.410 e. The van der Waals surface area contributed by atoms with Gasteiger partial charge in [-0.05, 0) is 39.0 Å². The van der Waals surface area contributed by atoms with Gasteiger partial charge in [0.05, 0.1) is 17.5 Å². The first kappa shape index (κ1) is 17.6. The molecule has 0 radical (unpaired) electrons. The molecule has 1 aliphatic heterocycles. The maximum atomic E-state index is 12.2. The Kier molecular flexibility index (Phi) is 4.19. The van der Waals surface area contributed by atoms with Crippen LogP contribution in [-0.4, -0.2) is 45.3 Å². The van der Waals surface area contributed by atoms with Crippen LogP contribution in [0.3, 0.4) is 0 Å². The van der Waals surface area contributed by atoms with Gasteiger partial charge in [-0.1, -0.05) is 17.7 Å². The van der Waals surface area contributed by atoms with Crippen LogP contribution in [0.4, 0.5) is 4.79 Å². The second-order valence-electron chi connectivity index (χ2n) is 7.49. The Labute approximate surface area is 150 Å². The van der Waals surface area contributed by atoms with Crippen molar-refractivity contribution in [1.29, 1.82) is 0 Å². The first-order valence-corrected chi connectivity index (χ1v) is 8.45. The molecule has 25 heavy (non-hydrogen) atoms. The smallest absolute Gasteiger partial charge is 0.410 e. The van der Waals surface area contributed by atoms with E-state index in [0.29, 0.717) is 5.02 Å². The van der Waals surface area contributed by atoms with Crippen LogP contribution in [0, 0.1) is 0 Å². The van der Waals surface area contributed by atoms with Gasteiger partial charge < -0.3 is 19.3 Å². The minimum atomic E-state index is -0.910. The van der Waals surface area contributed by atoms with Crippen molar-refractivity contribution in [2.45, 2.75) is 38.3 Å². The number of rotatable bonds is 3. The molecule has 2 aromatic rings. The number of hydrogen-bond donors (Lipinski definition) is 1. The topological polar surface area (TPSA) is 71.8 Å². The summed E-state index contributed by atoms with van der Waals surface area (Å²) in [7, 11) is 0. The highest BCUT2D eigenvalue weighted by Gasteiger charge is 2.49. The number of amides is 1. The van der Waals surface area contributed by atoms with Crippen LogP contribution in [0.2, 0.25) is 5.02 Å². The van der Waals surface area contributed by atoms with E-state index >= 15 is 0 Å². The van der Waals surface area contributed by atoms with Gasteiger partial charge in [-0.15, -0.1) is 0 Å². The number of carbonyl (C=O) groups excluding carboxylic acids is 1. The molecule has 1 saturated heterocycles. The van der Waals surface area contributed by atoms with Crippen molar-refractivity contribution in [2.24, 2.45) is 0 Å². The molecule has 1 N–H and O–H groups in total. The number of likely N-dealkylation sites (tertiary alicyclic amines) is 1. The molecule has 1 fully saturated rings. The molecule has 7 heteroatoms. The van der Waals surface area contributed by atoms with E-state index in [9.17, 15) is 14.7 Å². The van der Waals surface area contributed by atoms with Crippen molar-refractivity contribution in [3.63, 3.8) is 0 Å². The number of carboxylic acid groups (broad SMARTS) is 1. The summed E-state index contributed by atoms with van der Waals surface area (Å²) in [5.74, 6) is -0.910. The number of hydrogen-bond acceptors (Lipinski definition) is 3. The van der Waals surface area contributed by atoms with E-state index in [-0.39, 0.29) is 19.5 Å². The van der Waals surface area contributed by atoms with Crippen molar-refractivity contribution >= 4 is 34.6 Å². The second-order valence-corrected chi connectivity index (χ2v) is 7.90. The normalized spacial score (nSPS) is 16.6. The fourth-order valence-corrected chi connectivity index (χ4v) is 3.53. The van der Waals surface area contributed by atoms with E-state index in [0.717, 1.165) is 10.9 Å². The Morgan fingerprint density at radius 2 is 1.96 bits per heavy atom. The third-order valence-electron chi connectivity index (χ3n) is 4.29. The average Bonchev–Trinajstić information content (AvgIpc) is 2.85. The standard InChI is InChI=1S/C18H21ClN2O4/c1-17(2,3)25-16(24)20-10-18(11-20,9-15(22)23)21-8-7-12-13(19)5-4-6-14(12)21/h4-8H,9-11H2,1-3H3,(H,22,23). The molecule has 1 aromatic carbocycles. The summed E-state index contributed by atoms with van der Waals surface area (Å²) in [6.45, 7) is 5.97. The molecule has 0 bridgehead atoms. The third-order valence-corrected chi connectivity index (χ3v) is 4.62. The Balaban J connectivity index is 1.91. The molecule has 1 amide bonds. The third kappa shape index (κ3) is 3.31. The molecule has 1 aliphatic rings. The van der Waals surface area contributed by atoms with Gasteiger partial charge in [0.1, 0.15) is 5.60 Å². The van der Waals surface area contributed by atoms with E-state index in [1.54, 1.807) is 26.8 Å². The molecular weight excluding hydrogens is 344 g/mol. The minimum Gasteiger partial charge on any atom is -0.481 e. The first-order chi connectivity index (χ1) is 11.6. The number of ether oxygens (including phenoxy) is 1. The van der Waals surface area contributed by atoms with Gasteiger partial charge in [0.25, 0.3) is 0 Å². The van der Waals surface area contributed by atoms with Gasteiger partial charge in [0, 0.05) is 29.7 Å². The molecule has 0 spiro atoms. The summed E-state index contributed by atoms with van der Waals surface area (Å²) < 4.78 is 7.29. The van der Waals surface area contributed by atoms with Gasteiger partial charge in [0.15, 0.2) is 0 Å². The first-order valence-electron chi connectivity index (χ1n) is 8.07. The van der Waals surface area contributed by atoms with Crippen LogP contribution >= 0.6 is 11.6 Å². The van der Waals surface area contributed by atoms with Crippen LogP contribution in [0.1, 0.15) is 27.2 Å². The maximum absolute atomic E-state index is 12.2. The lowest BCUT2D eigenvalue weighted by Gasteiger charge is -2.50. The largest absolute Gasteiger partial charge is 0.481 e. The number of halogens is 1. The van der Waals surface area contributed by atoms with Crippen LogP contribution < -0.4 is 0 Å². The van der Waals surface area contributed by atoms with Gasteiger partial charge in [0.2, 0.25) is 0 Å². The van der Waals surface area contributed by atoms with E-state index in [4.69, 9.17) is 16.3 Å². The van der Waals surface area contributed by atoms with E-state index < -0.39 is 23.2 Å². The zero-order valence-electron chi connectivity index (χ0n) is 14.5. The van der Waals surface area contributed by atoms with Gasteiger partial charge in [-0.2, -0.15) is 0 Å². The molecule has 3 rings (SSSR count). The number of aliphatic carboxylic acids is 1. The predicted octanol–water partition coefficient (Wildman–Crippen LogP) is 3.72. The molecule has 0 atom stereocenters. The van der Waals surface area contributed by atoms with Gasteiger partial charge in [-0.25, -0.2) is 4.79 Å². The van der Waals surface area contributed by atoms with Crippen molar-refractivity contribution in [3.05, 3.63) is 35.5 Å². The summed E-state index contributed by atoms with van der Waals surface area (Å²) in [4.78, 5) is 25.2. The number of benzene rings is 1. The highest BCUT2D eigenvalue weighted by atomic mass is 35.5. The minimum absolute atomic E-state index is 0.0808. The number of aromatic nitrogens is 1. The lowest BCUT2D eigenvalue weighted by Crippen LogP contribution is -2.65. The monoisotopic (exact) mass is 364 g/mol. The number of carbonyl (C=O) groups is 2. The van der Waals surface area contributed by atoms with Crippen molar-refractivity contribution in [2.75, 3.05) is 13.1 Å². The van der Waals surface area contributed by atoms with Gasteiger partial charge in [-0.3, -0.25) is 4.79 Å². The fraction of sp³-hybridized carbons (Fsp3) is 0.444. The van der Waals surface area contributed by atoms with E-state index in [1.165, 1.54) is 4.90 Å². The highest BCUT2D eigenvalue weighted by Crippen LogP contribution is 2.38. The lowest BCUT2D eigenvalue weighted by molar-refractivity contribution is -0.142. The Morgan fingerprint density at radius 1 is 1.28 bits per heavy atom. The second kappa shape index (κ2) is 5.95. The van der Waals surface area contributed by atoms with Crippen molar-refractivity contribution < 1.29 is 19.4 Å². The zero-order chi connectivity index (χ0) is 18.4.